The Balaban J connectivity index is 1.36. The van der Waals surface area contributed by atoms with Crippen LogP contribution in [0.3, 0.4) is 0 Å². The van der Waals surface area contributed by atoms with Gasteiger partial charge in [0.15, 0.2) is 11.9 Å². The molecule has 0 bridgehead atoms. The van der Waals surface area contributed by atoms with Crippen molar-refractivity contribution in [3.05, 3.63) is 17.7 Å². The Hall–Kier alpha value is -2.21. The van der Waals surface area contributed by atoms with Gasteiger partial charge in [-0.15, -0.1) is 0 Å². The number of amides is 2. The van der Waals surface area contributed by atoms with Crippen molar-refractivity contribution in [1.82, 2.24) is 9.21 Å². The quantitative estimate of drug-likeness (QED) is 0.694. The molecule has 1 N–H and O–H groups in total. The molecule has 10 nitrogen and oxygen atoms in total. The number of sulfonamides is 1. The highest BCUT2D eigenvalue weighted by Crippen LogP contribution is 2.38. The molecule has 180 valence electrons. The highest BCUT2D eigenvalue weighted by atomic mass is 32.2. The van der Waals surface area contributed by atoms with Gasteiger partial charge in [-0.1, -0.05) is 0 Å². The van der Waals surface area contributed by atoms with Crippen molar-refractivity contribution < 1.29 is 32.2 Å². The van der Waals surface area contributed by atoms with Crippen LogP contribution in [0.25, 0.3) is 0 Å². The molecule has 11 heteroatoms. The van der Waals surface area contributed by atoms with Gasteiger partial charge in [-0.2, -0.15) is 4.31 Å². The third-order valence-electron chi connectivity index (χ3n) is 6.93. The summed E-state index contributed by atoms with van der Waals surface area (Å²) < 4.78 is 45.7. The number of ether oxygens (including phenoxy) is 3. The zero-order chi connectivity index (χ0) is 23.4. The van der Waals surface area contributed by atoms with E-state index >= 15 is 0 Å². The first-order valence-corrected chi connectivity index (χ1v) is 12.8. The molecule has 0 aromatic heterocycles. The van der Waals surface area contributed by atoms with Crippen molar-refractivity contribution in [2.75, 3.05) is 38.2 Å². The second-order valence-corrected chi connectivity index (χ2v) is 10.9. The van der Waals surface area contributed by atoms with Crippen LogP contribution >= 0.6 is 0 Å². The van der Waals surface area contributed by atoms with E-state index in [0.29, 0.717) is 69.0 Å². The van der Waals surface area contributed by atoms with Crippen LogP contribution in [-0.4, -0.2) is 80.2 Å². The number of hydrogen-bond acceptors (Lipinski definition) is 7. The molecular formula is C22H29N3O7S. The van der Waals surface area contributed by atoms with Crippen molar-refractivity contribution >= 4 is 27.5 Å². The Morgan fingerprint density at radius 2 is 1.85 bits per heavy atom. The molecule has 2 amide bonds. The molecule has 4 aliphatic heterocycles. The lowest BCUT2D eigenvalue weighted by Gasteiger charge is -2.39. The fraction of sp³-hybridized carbons (Fsp3) is 0.636. The lowest BCUT2D eigenvalue weighted by atomic mass is 10.0. The van der Waals surface area contributed by atoms with Gasteiger partial charge in [0.2, 0.25) is 15.9 Å². The van der Waals surface area contributed by atoms with Gasteiger partial charge in [0, 0.05) is 38.5 Å². The van der Waals surface area contributed by atoms with E-state index in [0.717, 1.165) is 0 Å². The molecule has 3 saturated heterocycles. The first-order valence-electron chi connectivity index (χ1n) is 11.4. The summed E-state index contributed by atoms with van der Waals surface area (Å²) in [5.41, 5.74) is 0.933. The average molecular weight is 480 g/mol. The number of rotatable bonds is 3. The molecule has 0 aliphatic carbocycles. The molecule has 4 aliphatic rings. The van der Waals surface area contributed by atoms with Gasteiger partial charge in [-0.3, -0.25) is 9.59 Å². The molecule has 3 fully saturated rings. The van der Waals surface area contributed by atoms with Crippen molar-refractivity contribution in [3.8, 4) is 5.75 Å². The molecule has 0 radical (unpaired) electrons. The molecule has 5 rings (SSSR count). The summed E-state index contributed by atoms with van der Waals surface area (Å²) >= 11 is 0. The summed E-state index contributed by atoms with van der Waals surface area (Å²) in [4.78, 5) is 27.1. The summed E-state index contributed by atoms with van der Waals surface area (Å²) in [6.45, 7) is 5.65. The Morgan fingerprint density at radius 3 is 2.55 bits per heavy atom. The minimum Gasteiger partial charge on any atom is -0.479 e. The highest BCUT2D eigenvalue weighted by Gasteiger charge is 2.45. The SMILES string of the molecule is Cc1cc2c(cc1S(=O)(=O)N1CCC[C@@H]1C(=O)N1CCC3(CC1)OCCO3)O[C@H](C)C(=O)N2. The summed E-state index contributed by atoms with van der Waals surface area (Å²) in [5, 5.41) is 2.74. The normalized spacial score (nSPS) is 27.3. The van der Waals surface area contributed by atoms with Crippen molar-refractivity contribution in [1.29, 1.82) is 0 Å². The van der Waals surface area contributed by atoms with Crippen LogP contribution in [0.2, 0.25) is 0 Å². The number of fused-ring (bicyclic) bond motifs is 1. The summed E-state index contributed by atoms with van der Waals surface area (Å²) in [6.07, 6.45) is 1.56. The predicted octanol–water partition coefficient (Wildman–Crippen LogP) is 1.23. The third kappa shape index (κ3) is 3.90. The van der Waals surface area contributed by atoms with E-state index in [2.05, 4.69) is 5.32 Å². The van der Waals surface area contributed by atoms with E-state index in [1.54, 1.807) is 24.8 Å². The summed E-state index contributed by atoms with van der Waals surface area (Å²) in [5.74, 6) is -0.729. The summed E-state index contributed by atoms with van der Waals surface area (Å²) in [6, 6.07) is 2.32. The Bertz CT molecular complexity index is 1070. The highest BCUT2D eigenvalue weighted by molar-refractivity contribution is 7.89. The summed E-state index contributed by atoms with van der Waals surface area (Å²) in [7, 11) is -3.95. The zero-order valence-electron chi connectivity index (χ0n) is 18.8. The van der Waals surface area contributed by atoms with Crippen LogP contribution in [0, 0.1) is 6.92 Å². The minimum atomic E-state index is -3.95. The Morgan fingerprint density at radius 1 is 1.15 bits per heavy atom. The number of anilines is 1. The maximum atomic E-state index is 13.7. The lowest BCUT2D eigenvalue weighted by molar-refractivity contribution is -0.188. The van der Waals surface area contributed by atoms with Gasteiger partial charge in [0.1, 0.15) is 11.8 Å². The van der Waals surface area contributed by atoms with Gasteiger partial charge in [-0.05, 0) is 38.3 Å². The number of piperidine rings is 1. The average Bonchev–Trinajstić information content (AvgIpc) is 3.45. The van der Waals surface area contributed by atoms with E-state index in [4.69, 9.17) is 14.2 Å². The van der Waals surface area contributed by atoms with Crippen LogP contribution in [0.1, 0.15) is 38.2 Å². The number of nitrogens with zero attached hydrogens (tertiary/aromatic N) is 2. The van der Waals surface area contributed by atoms with E-state index in [1.165, 1.54) is 10.4 Å². The van der Waals surface area contributed by atoms with Crippen molar-refractivity contribution in [2.45, 2.75) is 62.4 Å². The maximum absolute atomic E-state index is 13.7. The minimum absolute atomic E-state index is 0.0923. The molecule has 2 atom stereocenters. The topological polar surface area (TPSA) is 114 Å². The fourth-order valence-corrected chi connectivity index (χ4v) is 6.96. The number of likely N-dealkylation sites (tertiary alicyclic amines) is 1. The van der Waals surface area contributed by atoms with Crippen LogP contribution in [-0.2, 0) is 29.1 Å². The lowest BCUT2D eigenvalue weighted by Crippen LogP contribution is -2.53. The fourth-order valence-electron chi connectivity index (χ4n) is 5.09. The second-order valence-electron chi connectivity index (χ2n) is 9.07. The maximum Gasteiger partial charge on any atom is 0.265 e. The van der Waals surface area contributed by atoms with Crippen LogP contribution in [0.5, 0.6) is 5.75 Å². The van der Waals surface area contributed by atoms with Crippen molar-refractivity contribution in [3.63, 3.8) is 0 Å². The Kier molecular flexibility index (Phi) is 5.63. The van der Waals surface area contributed by atoms with E-state index in [-0.39, 0.29) is 23.3 Å². The van der Waals surface area contributed by atoms with E-state index in [9.17, 15) is 18.0 Å². The molecular weight excluding hydrogens is 450 g/mol. The van der Waals surface area contributed by atoms with E-state index in [1.807, 2.05) is 0 Å². The van der Waals surface area contributed by atoms with Gasteiger partial charge >= 0.3 is 0 Å². The molecule has 1 aromatic rings. The largest absolute Gasteiger partial charge is 0.479 e. The predicted molar refractivity (Wildman–Crippen MR) is 117 cm³/mol. The monoisotopic (exact) mass is 479 g/mol. The molecule has 33 heavy (non-hydrogen) atoms. The van der Waals surface area contributed by atoms with Gasteiger partial charge < -0.3 is 24.4 Å². The number of nitrogens with one attached hydrogen (secondary N) is 1. The standard InChI is InChI=1S/C22H29N3O7S/c1-14-12-16-18(32-15(2)20(26)23-16)13-19(14)33(28,29)25-7-3-4-17(25)21(27)24-8-5-22(6-9-24)30-10-11-31-22/h12-13,15,17H,3-11H2,1-2H3,(H,23,26)/t15-,17-/m1/s1. The molecule has 0 unspecified atom stereocenters. The first-order chi connectivity index (χ1) is 15.7. The smallest absolute Gasteiger partial charge is 0.265 e. The molecule has 0 saturated carbocycles. The van der Waals surface area contributed by atoms with Gasteiger partial charge in [0.05, 0.1) is 23.8 Å². The van der Waals surface area contributed by atoms with Crippen molar-refractivity contribution in [2.24, 2.45) is 0 Å². The number of aryl methyl sites for hydroxylation is 1. The number of carbonyl (C=O) groups excluding carboxylic acids is 2. The second kappa shape index (κ2) is 8.23. The third-order valence-corrected chi connectivity index (χ3v) is 8.98. The zero-order valence-corrected chi connectivity index (χ0v) is 19.7. The number of hydrogen-bond donors (Lipinski definition) is 1. The first kappa shape index (κ1) is 22.6. The van der Waals surface area contributed by atoms with E-state index < -0.39 is 28.0 Å². The number of carbonyl (C=O) groups is 2. The van der Waals surface area contributed by atoms with Crippen LogP contribution < -0.4 is 10.1 Å². The van der Waals surface area contributed by atoms with Crippen LogP contribution in [0.15, 0.2) is 17.0 Å². The van der Waals surface area contributed by atoms with Crippen LogP contribution in [0.4, 0.5) is 5.69 Å². The molecule has 4 heterocycles. The van der Waals surface area contributed by atoms with Gasteiger partial charge in [0.25, 0.3) is 5.91 Å². The number of benzene rings is 1. The molecule has 1 aromatic carbocycles. The molecule has 1 spiro atoms. The Labute approximate surface area is 193 Å². The van der Waals surface area contributed by atoms with Gasteiger partial charge in [-0.25, -0.2) is 8.42 Å².